The molecular weight excluding hydrogens is 288 g/mol. The normalized spacial score (nSPS) is 25.9. The van der Waals surface area contributed by atoms with Gasteiger partial charge in [0.1, 0.15) is 0 Å². The Morgan fingerprint density at radius 3 is 2.60 bits per heavy atom. The minimum atomic E-state index is 0.0750. The smallest absolute Gasteiger partial charge is 0.0451 e. The van der Waals surface area contributed by atoms with E-state index >= 15 is 0 Å². The number of hydrogen-bond acceptors (Lipinski definition) is 3. The summed E-state index contributed by atoms with van der Waals surface area (Å²) in [5.41, 5.74) is 7.76. The average Bonchev–Trinajstić information content (AvgIpc) is 2.40. The van der Waals surface area contributed by atoms with Crippen molar-refractivity contribution >= 4 is 23.4 Å². The Kier molecular flexibility index (Phi) is 5.06. The molecule has 0 aromatic heterocycles. The lowest BCUT2D eigenvalue weighted by Crippen LogP contribution is -2.58. The fourth-order valence-corrected chi connectivity index (χ4v) is 4.86. The molecule has 112 valence electrons. The molecule has 1 aromatic carbocycles. The van der Waals surface area contributed by atoms with Crippen LogP contribution in [0.1, 0.15) is 25.8 Å². The number of rotatable bonds is 4. The number of halogens is 1. The zero-order chi connectivity index (χ0) is 14.8. The Morgan fingerprint density at radius 1 is 1.30 bits per heavy atom. The molecule has 0 radical (unpaired) electrons. The highest BCUT2D eigenvalue weighted by Crippen LogP contribution is 2.42. The molecule has 0 aliphatic carbocycles. The lowest BCUT2D eigenvalue weighted by Gasteiger charge is -2.49. The third-order valence-electron chi connectivity index (χ3n) is 4.23. The van der Waals surface area contributed by atoms with Crippen LogP contribution >= 0.6 is 23.4 Å². The van der Waals surface area contributed by atoms with Crippen molar-refractivity contribution in [3.05, 3.63) is 34.9 Å². The molecule has 1 heterocycles. The third kappa shape index (κ3) is 3.51. The van der Waals surface area contributed by atoms with Crippen LogP contribution < -0.4 is 5.73 Å². The number of nitrogens with two attached hydrogens (primary N) is 1. The highest BCUT2D eigenvalue weighted by molar-refractivity contribution is 7.99. The summed E-state index contributed by atoms with van der Waals surface area (Å²) in [6, 6.07) is 8.08. The maximum Gasteiger partial charge on any atom is 0.0451 e. The second kappa shape index (κ2) is 6.27. The van der Waals surface area contributed by atoms with Crippen LogP contribution in [0.3, 0.4) is 0 Å². The molecule has 2 N–H and O–H groups in total. The van der Waals surface area contributed by atoms with Crippen LogP contribution in [0, 0.1) is 5.41 Å². The Morgan fingerprint density at radius 2 is 2.00 bits per heavy atom. The van der Waals surface area contributed by atoms with E-state index in [0.29, 0.717) is 12.0 Å². The molecule has 20 heavy (non-hydrogen) atoms. The Balaban J connectivity index is 2.17. The Labute approximate surface area is 132 Å². The molecule has 1 aliphatic heterocycles. The first-order valence-corrected chi connectivity index (χ1v) is 8.64. The molecule has 0 amide bonds. The highest BCUT2D eigenvalue weighted by atomic mass is 35.5. The minimum absolute atomic E-state index is 0.0750. The second-order valence-electron chi connectivity index (χ2n) is 6.71. The van der Waals surface area contributed by atoms with Gasteiger partial charge < -0.3 is 5.73 Å². The van der Waals surface area contributed by atoms with Crippen molar-refractivity contribution < 1.29 is 0 Å². The molecule has 1 unspecified atom stereocenters. The summed E-state index contributed by atoms with van der Waals surface area (Å²) >= 11 is 8.31. The maximum absolute atomic E-state index is 6.29. The van der Waals surface area contributed by atoms with E-state index < -0.39 is 0 Å². The lowest BCUT2D eigenvalue weighted by molar-refractivity contribution is 0.0870. The monoisotopic (exact) mass is 312 g/mol. The molecule has 4 heteroatoms. The van der Waals surface area contributed by atoms with Crippen LogP contribution in [-0.4, -0.2) is 35.5 Å². The number of benzene rings is 1. The SMILES string of the molecule is CN(Cc1ccccc1Cl)C1(CN)CSCC(C)(C)C1. The van der Waals surface area contributed by atoms with E-state index in [1.54, 1.807) is 0 Å². The first-order chi connectivity index (χ1) is 9.38. The van der Waals surface area contributed by atoms with Gasteiger partial charge in [-0.25, -0.2) is 0 Å². The average molecular weight is 313 g/mol. The zero-order valence-electron chi connectivity index (χ0n) is 12.7. The predicted octanol–water partition coefficient (Wildman–Crippen LogP) is 3.63. The summed E-state index contributed by atoms with van der Waals surface area (Å²) in [5.74, 6) is 2.32. The number of hydrogen-bond donors (Lipinski definition) is 1. The van der Waals surface area contributed by atoms with E-state index in [1.165, 1.54) is 11.3 Å². The number of thioether (sulfide) groups is 1. The fraction of sp³-hybridized carbons (Fsp3) is 0.625. The van der Waals surface area contributed by atoms with Crippen molar-refractivity contribution in [1.82, 2.24) is 4.90 Å². The van der Waals surface area contributed by atoms with Gasteiger partial charge in [0.25, 0.3) is 0 Å². The first kappa shape index (κ1) is 16.2. The quantitative estimate of drug-likeness (QED) is 0.920. The van der Waals surface area contributed by atoms with Crippen LogP contribution in [0.2, 0.25) is 5.02 Å². The topological polar surface area (TPSA) is 29.3 Å². The van der Waals surface area contributed by atoms with Crippen molar-refractivity contribution in [2.45, 2.75) is 32.4 Å². The van der Waals surface area contributed by atoms with Gasteiger partial charge in [0.05, 0.1) is 0 Å². The van der Waals surface area contributed by atoms with E-state index in [9.17, 15) is 0 Å². The molecule has 1 aromatic rings. The van der Waals surface area contributed by atoms with E-state index in [4.69, 9.17) is 17.3 Å². The van der Waals surface area contributed by atoms with Crippen molar-refractivity contribution in [2.24, 2.45) is 11.1 Å². The van der Waals surface area contributed by atoms with Crippen LogP contribution in [0.15, 0.2) is 24.3 Å². The molecule has 0 spiro atoms. The molecule has 1 saturated heterocycles. The molecule has 0 bridgehead atoms. The summed E-state index contributed by atoms with van der Waals surface area (Å²) in [7, 11) is 2.18. The van der Waals surface area contributed by atoms with Crippen molar-refractivity contribution in [3.63, 3.8) is 0 Å². The largest absolute Gasteiger partial charge is 0.329 e. The molecule has 0 saturated carbocycles. The minimum Gasteiger partial charge on any atom is -0.329 e. The Bertz CT molecular complexity index is 464. The first-order valence-electron chi connectivity index (χ1n) is 7.11. The zero-order valence-corrected chi connectivity index (χ0v) is 14.2. The standard InChI is InChI=1S/C16H25ClN2S/c1-15(2)9-16(10-18,12-20-11-15)19(3)8-13-6-4-5-7-14(13)17/h4-7H,8-12,18H2,1-3H3. The van der Waals surface area contributed by atoms with Crippen molar-refractivity contribution in [3.8, 4) is 0 Å². The second-order valence-corrected chi connectivity index (χ2v) is 8.10. The molecule has 2 rings (SSSR count). The van der Waals surface area contributed by atoms with Crippen molar-refractivity contribution in [1.29, 1.82) is 0 Å². The van der Waals surface area contributed by atoms with Gasteiger partial charge in [0.15, 0.2) is 0 Å². The molecule has 1 fully saturated rings. The molecule has 1 aliphatic rings. The van der Waals surface area contributed by atoms with E-state index in [0.717, 1.165) is 23.7 Å². The Hall–Kier alpha value is -0.220. The van der Waals surface area contributed by atoms with Gasteiger partial charge in [-0.2, -0.15) is 11.8 Å². The van der Waals surface area contributed by atoms with Gasteiger partial charge in [0.2, 0.25) is 0 Å². The number of nitrogens with zero attached hydrogens (tertiary/aromatic N) is 1. The van der Waals surface area contributed by atoms with Crippen LogP contribution in [0.25, 0.3) is 0 Å². The summed E-state index contributed by atoms with van der Waals surface area (Å²) in [6.07, 6.45) is 1.14. The summed E-state index contributed by atoms with van der Waals surface area (Å²) < 4.78 is 0. The van der Waals surface area contributed by atoms with Gasteiger partial charge in [0, 0.05) is 29.4 Å². The highest BCUT2D eigenvalue weighted by Gasteiger charge is 2.42. The van der Waals surface area contributed by atoms with E-state index in [-0.39, 0.29) is 5.54 Å². The lowest BCUT2D eigenvalue weighted by atomic mass is 9.79. The number of likely N-dealkylation sites (N-methyl/N-ethyl adjacent to an activating group) is 1. The third-order valence-corrected chi connectivity index (χ3v) is 6.32. The van der Waals surface area contributed by atoms with Crippen molar-refractivity contribution in [2.75, 3.05) is 25.1 Å². The van der Waals surface area contributed by atoms with Gasteiger partial charge in [-0.15, -0.1) is 0 Å². The van der Waals surface area contributed by atoms with E-state index in [1.807, 2.05) is 30.0 Å². The van der Waals surface area contributed by atoms with Crippen LogP contribution in [-0.2, 0) is 6.54 Å². The molecule has 2 nitrogen and oxygen atoms in total. The summed E-state index contributed by atoms with van der Waals surface area (Å²) in [6.45, 7) is 6.23. The summed E-state index contributed by atoms with van der Waals surface area (Å²) in [4.78, 5) is 2.40. The van der Waals surface area contributed by atoms with Gasteiger partial charge in [-0.1, -0.05) is 43.6 Å². The fourth-order valence-electron chi connectivity index (χ4n) is 3.09. The predicted molar refractivity (Wildman–Crippen MR) is 90.4 cm³/mol. The van der Waals surface area contributed by atoms with Gasteiger partial charge in [-0.3, -0.25) is 4.90 Å². The van der Waals surface area contributed by atoms with Gasteiger partial charge in [-0.05, 0) is 36.3 Å². The maximum atomic E-state index is 6.29. The molecule has 1 atom stereocenters. The van der Waals surface area contributed by atoms with Gasteiger partial charge >= 0.3 is 0 Å². The van der Waals surface area contributed by atoms with Crippen LogP contribution in [0.4, 0.5) is 0 Å². The molecular formula is C16H25ClN2S. The van der Waals surface area contributed by atoms with Crippen LogP contribution in [0.5, 0.6) is 0 Å². The summed E-state index contributed by atoms with van der Waals surface area (Å²) in [5, 5.41) is 0.842. The van der Waals surface area contributed by atoms with E-state index in [2.05, 4.69) is 31.9 Å².